The number of unbranched alkanes of at least 4 members (excludes halogenated alkanes) is 29. The number of nitrogens with one attached hydrogen (secondary N) is 1. The van der Waals surface area contributed by atoms with Gasteiger partial charge in [0.05, 0.1) is 25.2 Å². The van der Waals surface area contributed by atoms with E-state index in [1.165, 1.54) is 161 Å². The van der Waals surface area contributed by atoms with Crippen LogP contribution in [0.25, 0.3) is 0 Å². The molecule has 0 saturated carbocycles. The normalized spacial score (nSPS) is 13.4. The number of ether oxygens (including phenoxy) is 1. The highest BCUT2D eigenvalue weighted by molar-refractivity contribution is 5.77. The Kier molecular flexibility index (Phi) is 41.6. The van der Waals surface area contributed by atoms with Crippen molar-refractivity contribution in [2.75, 3.05) is 6.61 Å². The zero-order valence-electron chi connectivity index (χ0n) is 36.4. The van der Waals surface area contributed by atoms with Crippen LogP contribution < -0.4 is 5.32 Å². The van der Waals surface area contributed by atoms with Crippen LogP contribution in [-0.2, 0) is 14.3 Å². The van der Waals surface area contributed by atoms with Gasteiger partial charge in [0, 0.05) is 6.42 Å². The number of aliphatic hydroxyl groups is 2. The van der Waals surface area contributed by atoms with Crippen molar-refractivity contribution in [2.45, 2.75) is 277 Å². The Hall–Kier alpha value is -1.40. The summed E-state index contributed by atoms with van der Waals surface area (Å²) in [5.74, 6) is -0.474. The number of hydrogen-bond acceptors (Lipinski definition) is 5. The molecule has 320 valence electrons. The molecule has 6 heteroatoms. The van der Waals surface area contributed by atoms with Crippen molar-refractivity contribution in [3.63, 3.8) is 0 Å². The zero-order valence-corrected chi connectivity index (χ0v) is 36.4. The van der Waals surface area contributed by atoms with E-state index in [-0.39, 0.29) is 24.9 Å². The first-order chi connectivity index (χ1) is 26.5. The van der Waals surface area contributed by atoms with Crippen molar-refractivity contribution in [2.24, 2.45) is 0 Å². The predicted molar refractivity (Wildman–Crippen MR) is 232 cm³/mol. The van der Waals surface area contributed by atoms with Gasteiger partial charge in [0.2, 0.25) is 5.91 Å². The summed E-state index contributed by atoms with van der Waals surface area (Å²) in [5.41, 5.74) is 0. The molecule has 0 aliphatic heterocycles. The Bertz CT molecular complexity index is 817. The van der Waals surface area contributed by atoms with Gasteiger partial charge in [-0.1, -0.05) is 206 Å². The maximum atomic E-state index is 13.1. The van der Waals surface area contributed by atoms with E-state index in [1.54, 1.807) is 0 Å². The van der Waals surface area contributed by atoms with Gasteiger partial charge in [0.25, 0.3) is 0 Å². The molecule has 3 unspecified atom stereocenters. The third-order valence-electron chi connectivity index (χ3n) is 11.1. The third-order valence-corrected chi connectivity index (χ3v) is 11.1. The van der Waals surface area contributed by atoms with Gasteiger partial charge in [-0.3, -0.25) is 9.59 Å². The van der Waals surface area contributed by atoms with E-state index in [4.69, 9.17) is 4.74 Å². The molecule has 0 heterocycles. The summed E-state index contributed by atoms with van der Waals surface area (Å²) in [6, 6.07) is -0.694. The molecular formula is C48H93NO5. The second-order valence-corrected chi connectivity index (χ2v) is 16.5. The van der Waals surface area contributed by atoms with Crippen LogP contribution in [0.5, 0.6) is 0 Å². The van der Waals surface area contributed by atoms with E-state index in [2.05, 4.69) is 38.2 Å². The number of aliphatic hydroxyl groups excluding tert-OH is 2. The number of rotatable bonds is 43. The molecule has 0 radical (unpaired) electrons. The quantitative estimate of drug-likeness (QED) is 0.0326. The molecule has 0 aromatic heterocycles. The molecule has 1 amide bonds. The number of esters is 1. The lowest BCUT2D eigenvalue weighted by Gasteiger charge is -2.24. The number of hydrogen-bond donors (Lipinski definition) is 3. The SMILES string of the molecule is CCCCCCCCC/C=C/CCCCCCCC(=O)OC(CCCCCCCCCCC)CC(=O)NC(CO)C(O)CCCCCCCCCCCC. The van der Waals surface area contributed by atoms with Crippen molar-refractivity contribution in [3.8, 4) is 0 Å². The predicted octanol–water partition coefficient (Wildman–Crippen LogP) is 13.8. The van der Waals surface area contributed by atoms with Crippen LogP contribution in [-0.4, -0.2) is 46.9 Å². The van der Waals surface area contributed by atoms with Crippen LogP contribution in [0.3, 0.4) is 0 Å². The lowest BCUT2D eigenvalue weighted by molar-refractivity contribution is -0.151. The molecule has 3 N–H and O–H groups in total. The molecule has 0 aliphatic carbocycles. The number of carbonyl (C=O) groups excluding carboxylic acids is 2. The molecule has 0 rings (SSSR count). The van der Waals surface area contributed by atoms with Crippen molar-refractivity contribution in [1.29, 1.82) is 0 Å². The molecule has 6 nitrogen and oxygen atoms in total. The fourth-order valence-corrected chi connectivity index (χ4v) is 7.43. The lowest BCUT2D eigenvalue weighted by Crippen LogP contribution is -2.46. The van der Waals surface area contributed by atoms with Gasteiger partial charge in [-0.2, -0.15) is 0 Å². The minimum atomic E-state index is -0.780. The first-order valence-corrected chi connectivity index (χ1v) is 23.9. The highest BCUT2D eigenvalue weighted by atomic mass is 16.5. The molecule has 0 saturated heterocycles. The Labute approximate surface area is 336 Å². The molecule has 0 bridgehead atoms. The molecule has 0 aliphatic rings. The van der Waals surface area contributed by atoms with E-state index in [9.17, 15) is 19.8 Å². The maximum absolute atomic E-state index is 13.1. The molecule has 54 heavy (non-hydrogen) atoms. The average Bonchev–Trinajstić information content (AvgIpc) is 3.16. The molecule has 0 aromatic rings. The van der Waals surface area contributed by atoms with Crippen molar-refractivity contribution in [1.82, 2.24) is 5.32 Å². The summed E-state index contributed by atoms with van der Waals surface area (Å²) in [5, 5.41) is 23.6. The van der Waals surface area contributed by atoms with E-state index in [1.807, 2.05) is 0 Å². The Morgan fingerprint density at radius 1 is 0.519 bits per heavy atom. The number of carbonyl (C=O) groups is 2. The van der Waals surface area contributed by atoms with Crippen molar-refractivity contribution < 1.29 is 24.5 Å². The Balaban J connectivity index is 4.47. The largest absolute Gasteiger partial charge is 0.462 e. The van der Waals surface area contributed by atoms with Gasteiger partial charge in [-0.25, -0.2) is 0 Å². The van der Waals surface area contributed by atoms with E-state index in [0.717, 1.165) is 51.4 Å². The minimum absolute atomic E-state index is 0.0801. The summed E-state index contributed by atoms with van der Waals surface area (Å²) in [6.07, 6.45) is 45.6. The monoisotopic (exact) mass is 764 g/mol. The fraction of sp³-hybridized carbons (Fsp3) is 0.917. The van der Waals surface area contributed by atoms with Gasteiger partial charge < -0.3 is 20.3 Å². The molecule has 0 aromatic carbocycles. The number of allylic oxidation sites excluding steroid dienone is 2. The highest BCUT2D eigenvalue weighted by Gasteiger charge is 2.24. The molecular weight excluding hydrogens is 671 g/mol. The summed E-state index contributed by atoms with van der Waals surface area (Å²) in [6.45, 7) is 6.46. The van der Waals surface area contributed by atoms with Crippen LogP contribution in [0.4, 0.5) is 0 Å². The van der Waals surface area contributed by atoms with Crippen LogP contribution in [0.1, 0.15) is 258 Å². The van der Waals surface area contributed by atoms with Gasteiger partial charge >= 0.3 is 5.97 Å². The van der Waals surface area contributed by atoms with Crippen molar-refractivity contribution in [3.05, 3.63) is 12.2 Å². The minimum Gasteiger partial charge on any atom is -0.462 e. The molecule has 3 atom stereocenters. The van der Waals surface area contributed by atoms with E-state index < -0.39 is 18.2 Å². The second kappa shape index (κ2) is 42.7. The summed E-state index contributed by atoms with van der Waals surface area (Å²) >= 11 is 0. The fourth-order valence-electron chi connectivity index (χ4n) is 7.43. The Morgan fingerprint density at radius 3 is 1.31 bits per heavy atom. The summed E-state index contributed by atoms with van der Waals surface area (Å²) in [7, 11) is 0. The second-order valence-electron chi connectivity index (χ2n) is 16.5. The van der Waals surface area contributed by atoms with E-state index >= 15 is 0 Å². The molecule has 0 spiro atoms. The number of amides is 1. The van der Waals surface area contributed by atoms with Gasteiger partial charge in [0.15, 0.2) is 0 Å². The van der Waals surface area contributed by atoms with Gasteiger partial charge in [0.1, 0.15) is 6.10 Å². The third kappa shape index (κ3) is 37.5. The lowest BCUT2D eigenvalue weighted by atomic mass is 10.0. The van der Waals surface area contributed by atoms with Gasteiger partial charge in [-0.15, -0.1) is 0 Å². The average molecular weight is 764 g/mol. The topological polar surface area (TPSA) is 95.9 Å². The van der Waals surface area contributed by atoms with Crippen LogP contribution in [0, 0.1) is 0 Å². The standard InChI is InChI=1S/C48H93NO5/c1-4-7-10-13-16-19-21-22-23-24-25-26-29-32-35-38-41-48(53)54-44(39-36-33-30-27-18-15-12-9-6-3)42-47(52)49-45(43-50)46(51)40-37-34-31-28-20-17-14-11-8-5-2/h23-24,44-46,50-51H,4-22,25-43H2,1-3H3,(H,49,52)/b24-23+. The molecule has 0 fully saturated rings. The van der Waals surface area contributed by atoms with Crippen molar-refractivity contribution >= 4 is 11.9 Å². The maximum Gasteiger partial charge on any atom is 0.306 e. The van der Waals surface area contributed by atoms with Crippen LogP contribution in [0.2, 0.25) is 0 Å². The van der Waals surface area contributed by atoms with Gasteiger partial charge in [-0.05, 0) is 51.4 Å². The summed E-state index contributed by atoms with van der Waals surface area (Å²) < 4.78 is 5.90. The van der Waals surface area contributed by atoms with Crippen LogP contribution >= 0.6 is 0 Å². The first kappa shape index (κ1) is 52.6. The highest BCUT2D eigenvalue weighted by Crippen LogP contribution is 2.18. The van der Waals surface area contributed by atoms with Crippen LogP contribution in [0.15, 0.2) is 12.2 Å². The zero-order chi connectivity index (χ0) is 39.6. The first-order valence-electron chi connectivity index (χ1n) is 23.9. The Morgan fingerprint density at radius 2 is 0.889 bits per heavy atom. The van der Waals surface area contributed by atoms with E-state index in [0.29, 0.717) is 19.3 Å². The smallest absolute Gasteiger partial charge is 0.306 e. The summed E-state index contributed by atoms with van der Waals surface area (Å²) in [4.78, 5) is 26.0.